The van der Waals surface area contributed by atoms with Crippen molar-refractivity contribution in [1.82, 2.24) is 5.32 Å². The van der Waals surface area contributed by atoms with Crippen molar-refractivity contribution in [3.8, 4) is 5.75 Å². The Morgan fingerprint density at radius 2 is 2.25 bits per heavy atom. The Hall–Kier alpha value is -0.910. The largest absolute Gasteiger partial charge is 0.496 e. The van der Waals surface area contributed by atoms with Crippen LogP contribution >= 0.6 is 27.3 Å². The highest BCUT2D eigenvalue weighted by molar-refractivity contribution is 9.10. The highest BCUT2D eigenvalue weighted by atomic mass is 79.9. The molecule has 20 heavy (non-hydrogen) atoms. The summed E-state index contributed by atoms with van der Waals surface area (Å²) in [6, 6.07) is 5.30. The molecule has 1 aromatic carbocycles. The third-order valence-electron chi connectivity index (χ3n) is 3.06. The lowest BCUT2D eigenvalue weighted by molar-refractivity contribution is 0.400. The molecule has 0 saturated carbocycles. The Labute approximate surface area is 131 Å². The first-order valence-corrected chi connectivity index (χ1v) is 8.19. The van der Waals surface area contributed by atoms with Crippen LogP contribution in [0, 0.1) is 5.82 Å². The molecule has 0 aliphatic carbocycles. The molecule has 0 spiro atoms. The van der Waals surface area contributed by atoms with Crippen molar-refractivity contribution in [2.24, 2.45) is 0 Å². The second-order valence-corrected chi connectivity index (χ2v) is 6.09. The van der Waals surface area contributed by atoms with Gasteiger partial charge in [-0.25, -0.2) is 4.39 Å². The fourth-order valence-corrected chi connectivity index (χ4v) is 3.13. The molecule has 1 aromatic heterocycles. The van der Waals surface area contributed by atoms with E-state index in [9.17, 15) is 4.39 Å². The standard InChI is InChI=1S/C15H17BrFNOS/c1-3-5-18-15(10-4-6-20-9-10)11-7-12(16)13(17)8-14(11)19-2/h4,6-9,15,18H,3,5H2,1-2H3. The van der Waals surface area contributed by atoms with E-state index >= 15 is 0 Å². The van der Waals surface area contributed by atoms with Crippen LogP contribution in [-0.4, -0.2) is 13.7 Å². The molecule has 1 heterocycles. The van der Waals surface area contributed by atoms with E-state index in [1.807, 2.05) is 5.38 Å². The van der Waals surface area contributed by atoms with Gasteiger partial charge in [-0.05, 0) is 57.4 Å². The molecular weight excluding hydrogens is 341 g/mol. The Balaban J connectivity index is 2.45. The molecule has 0 aliphatic heterocycles. The molecule has 108 valence electrons. The summed E-state index contributed by atoms with van der Waals surface area (Å²) >= 11 is 4.90. The van der Waals surface area contributed by atoms with Crippen LogP contribution in [0.1, 0.15) is 30.5 Å². The summed E-state index contributed by atoms with van der Waals surface area (Å²) < 4.78 is 19.5. The molecule has 0 aliphatic rings. The predicted octanol–water partition coefficient (Wildman–Crippen LogP) is 4.75. The summed E-state index contributed by atoms with van der Waals surface area (Å²) in [5, 5.41) is 7.64. The lowest BCUT2D eigenvalue weighted by Crippen LogP contribution is -2.23. The van der Waals surface area contributed by atoms with Crippen molar-refractivity contribution in [3.05, 3.63) is 50.4 Å². The van der Waals surface area contributed by atoms with Gasteiger partial charge in [-0.3, -0.25) is 0 Å². The van der Waals surface area contributed by atoms with Crippen molar-refractivity contribution in [1.29, 1.82) is 0 Å². The number of methoxy groups -OCH3 is 1. The molecule has 5 heteroatoms. The minimum absolute atomic E-state index is 0.00745. The van der Waals surface area contributed by atoms with E-state index in [4.69, 9.17) is 4.74 Å². The second kappa shape index (κ2) is 7.20. The maximum Gasteiger partial charge on any atom is 0.141 e. The van der Waals surface area contributed by atoms with Gasteiger partial charge in [0.05, 0.1) is 17.6 Å². The summed E-state index contributed by atoms with van der Waals surface area (Å²) in [5.74, 6) is 0.246. The summed E-state index contributed by atoms with van der Waals surface area (Å²) in [7, 11) is 1.57. The van der Waals surface area contributed by atoms with Gasteiger partial charge in [0.15, 0.2) is 0 Å². The van der Waals surface area contributed by atoms with E-state index in [2.05, 4.69) is 39.6 Å². The van der Waals surface area contributed by atoms with Gasteiger partial charge < -0.3 is 10.1 Å². The maximum absolute atomic E-state index is 13.7. The number of rotatable bonds is 6. The fourth-order valence-electron chi connectivity index (χ4n) is 2.08. The molecular formula is C15H17BrFNOS. The Kier molecular flexibility index (Phi) is 5.57. The number of benzene rings is 1. The van der Waals surface area contributed by atoms with Crippen LogP contribution in [0.3, 0.4) is 0 Å². The summed E-state index contributed by atoms with van der Waals surface area (Å²) in [4.78, 5) is 0. The molecule has 2 aromatic rings. The van der Waals surface area contributed by atoms with Crippen LogP contribution in [0.2, 0.25) is 0 Å². The highest BCUT2D eigenvalue weighted by Gasteiger charge is 2.20. The zero-order chi connectivity index (χ0) is 14.5. The Bertz CT molecular complexity index is 559. The highest BCUT2D eigenvalue weighted by Crippen LogP contribution is 2.34. The van der Waals surface area contributed by atoms with Gasteiger partial charge in [0.2, 0.25) is 0 Å². The number of thiophene rings is 1. The van der Waals surface area contributed by atoms with E-state index in [1.54, 1.807) is 24.5 Å². The molecule has 0 fully saturated rings. The van der Waals surface area contributed by atoms with Crippen molar-refractivity contribution < 1.29 is 9.13 Å². The average Bonchev–Trinajstić information content (AvgIpc) is 2.96. The Morgan fingerprint density at radius 3 is 2.85 bits per heavy atom. The van der Waals surface area contributed by atoms with E-state index < -0.39 is 0 Å². The van der Waals surface area contributed by atoms with Gasteiger partial charge in [-0.2, -0.15) is 11.3 Å². The molecule has 0 bridgehead atoms. The monoisotopic (exact) mass is 357 g/mol. The smallest absolute Gasteiger partial charge is 0.141 e. The van der Waals surface area contributed by atoms with E-state index in [0.717, 1.165) is 18.5 Å². The van der Waals surface area contributed by atoms with Gasteiger partial charge in [0, 0.05) is 11.6 Å². The summed E-state index contributed by atoms with van der Waals surface area (Å²) in [5.41, 5.74) is 2.10. The van der Waals surface area contributed by atoms with Crippen LogP contribution < -0.4 is 10.1 Å². The number of ether oxygens (including phenoxy) is 1. The third kappa shape index (κ3) is 3.40. The van der Waals surface area contributed by atoms with Gasteiger partial charge in [0.25, 0.3) is 0 Å². The summed E-state index contributed by atoms with van der Waals surface area (Å²) in [6.45, 7) is 3.01. The molecule has 2 nitrogen and oxygen atoms in total. The van der Waals surface area contributed by atoms with Crippen molar-refractivity contribution >= 4 is 27.3 Å². The number of hydrogen-bond acceptors (Lipinski definition) is 3. The first-order chi connectivity index (χ1) is 9.67. The SMILES string of the molecule is CCCNC(c1ccsc1)c1cc(Br)c(F)cc1OC. The maximum atomic E-state index is 13.7. The van der Waals surface area contributed by atoms with Gasteiger partial charge in [-0.1, -0.05) is 6.92 Å². The van der Waals surface area contributed by atoms with Gasteiger partial charge in [-0.15, -0.1) is 0 Å². The number of nitrogens with one attached hydrogen (secondary N) is 1. The van der Waals surface area contributed by atoms with Gasteiger partial charge in [0.1, 0.15) is 11.6 Å². The molecule has 0 amide bonds. The van der Waals surface area contributed by atoms with Crippen LogP contribution in [0.25, 0.3) is 0 Å². The van der Waals surface area contributed by atoms with Crippen molar-refractivity contribution in [3.63, 3.8) is 0 Å². The predicted molar refractivity (Wildman–Crippen MR) is 85.1 cm³/mol. The summed E-state index contributed by atoms with van der Waals surface area (Å²) in [6.07, 6.45) is 1.03. The molecule has 0 saturated heterocycles. The van der Waals surface area contributed by atoms with Crippen LogP contribution in [0.15, 0.2) is 33.4 Å². The normalized spacial score (nSPS) is 12.4. The molecule has 2 rings (SSSR count). The Morgan fingerprint density at radius 1 is 1.45 bits per heavy atom. The number of halogens is 2. The minimum Gasteiger partial charge on any atom is -0.496 e. The zero-order valence-electron chi connectivity index (χ0n) is 11.5. The van der Waals surface area contributed by atoms with Crippen LogP contribution in [0.5, 0.6) is 5.75 Å². The molecule has 0 radical (unpaired) electrons. The molecule has 1 atom stereocenters. The quantitative estimate of drug-likeness (QED) is 0.805. The van der Waals surface area contributed by atoms with Crippen molar-refractivity contribution in [2.45, 2.75) is 19.4 Å². The van der Waals surface area contributed by atoms with Crippen LogP contribution in [0.4, 0.5) is 4.39 Å². The van der Waals surface area contributed by atoms with E-state index in [1.165, 1.54) is 11.6 Å². The molecule has 1 unspecified atom stereocenters. The minimum atomic E-state index is -0.315. The van der Waals surface area contributed by atoms with E-state index in [0.29, 0.717) is 10.2 Å². The first-order valence-electron chi connectivity index (χ1n) is 6.45. The topological polar surface area (TPSA) is 21.3 Å². The number of hydrogen-bond donors (Lipinski definition) is 1. The lowest BCUT2D eigenvalue weighted by atomic mass is 10.00. The van der Waals surface area contributed by atoms with Crippen LogP contribution in [-0.2, 0) is 0 Å². The van der Waals surface area contributed by atoms with E-state index in [-0.39, 0.29) is 11.9 Å². The second-order valence-electron chi connectivity index (χ2n) is 4.45. The zero-order valence-corrected chi connectivity index (χ0v) is 13.9. The third-order valence-corrected chi connectivity index (χ3v) is 4.37. The van der Waals surface area contributed by atoms with Crippen molar-refractivity contribution in [2.75, 3.05) is 13.7 Å². The average molecular weight is 358 g/mol. The lowest BCUT2D eigenvalue weighted by Gasteiger charge is -2.21. The first kappa shape index (κ1) is 15.5. The fraction of sp³-hybridized carbons (Fsp3) is 0.333. The molecule has 1 N–H and O–H groups in total. The van der Waals surface area contributed by atoms with Gasteiger partial charge >= 0.3 is 0 Å².